The first-order valence-electron chi connectivity index (χ1n) is 10.1. The molecular formula is C25H18Cl2N2O5. The molecule has 34 heavy (non-hydrogen) atoms. The highest BCUT2D eigenvalue weighted by molar-refractivity contribution is 6.42. The Bertz CT molecular complexity index is 1300. The second-order valence-electron chi connectivity index (χ2n) is 7.23. The van der Waals surface area contributed by atoms with Gasteiger partial charge in [0.1, 0.15) is 23.7 Å². The summed E-state index contributed by atoms with van der Waals surface area (Å²) in [6.45, 7) is 0.213. The second kappa shape index (κ2) is 9.99. The summed E-state index contributed by atoms with van der Waals surface area (Å²) in [5.41, 5.74) is 1.23. The van der Waals surface area contributed by atoms with Gasteiger partial charge in [0.2, 0.25) is 0 Å². The van der Waals surface area contributed by atoms with Gasteiger partial charge in [-0.15, -0.1) is 0 Å². The molecule has 4 amide bonds. The SMILES string of the molecule is COc1ccc(/C=C2\C(=O)NC(=O)N(c3ccccc3Cl)C2=O)c(OCc2ccc(Cl)cc2)c1. The topological polar surface area (TPSA) is 84.9 Å². The van der Waals surface area contributed by atoms with Crippen molar-refractivity contribution in [1.82, 2.24) is 5.32 Å². The molecule has 0 aromatic heterocycles. The lowest BCUT2D eigenvalue weighted by molar-refractivity contribution is -0.122. The van der Waals surface area contributed by atoms with Crippen LogP contribution in [-0.4, -0.2) is 25.0 Å². The highest BCUT2D eigenvalue weighted by atomic mass is 35.5. The molecule has 3 aromatic carbocycles. The molecule has 7 nitrogen and oxygen atoms in total. The van der Waals surface area contributed by atoms with Crippen molar-refractivity contribution in [2.75, 3.05) is 12.0 Å². The van der Waals surface area contributed by atoms with Crippen molar-refractivity contribution in [3.05, 3.63) is 93.5 Å². The number of hydrogen-bond donors (Lipinski definition) is 1. The predicted molar refractivity (Wildman–Crippen MR) is 129 cm³/mol. The minimum atomic E-state index is -0.880. The van der Waals surface area contributed by atoms with Gasteiger partial charge in [-0.05, 0) is 48.0 Å². The molecule has 0 atom stereocenters. The monoisotopic (exact) mass is 496 g/mol. The van der Waals surface area contributed by atoms with Crippen LogP contribution in [0.25, 0.3) is 6.08 Å². The quantitative estimate of drug-likeness (QED) is 0.372. The third-order valence-corrected chi connectivity index (χ3v) is 5.59. The van der Waals surface area contributed by atoms with Gasteiger partial charge >= 0.3 is 6.03 Å². The maximum atomic E-state index is 13.2. The van der Waals surface area contributed by atoms with Crippen molar-refractivity contribution in [3.63, 3.8) is 0 Å². The fourth-order valence-corrected chi connectivity index (χ4v) is 3.64. The van der Waals surface area contributed by atoms with Crippen LogP contribution in [0, 0.1) is 0 Å². The summed E-state index contributed by atoms with van der Waals surface area (Å²) in [7, 11) is 1.52. The molecule has 0 bridgehead atoms. The van der Waals surface area contributed by atoms with Crippen LogP contribution in [0.3, 0.4) is 0 Å². The van der Waals surface area contributed by atoms with E-state index in [9.17, 15) is 14.4 Å². The van der Waals surface area contributed by atoms with Gasteiger partial charge < -0.3 is 9.47 Å². The van der Waals surface area contributed by atoms with Gasteiger partial charge in [0.25, 0.3) is 11.8 Å². The Labute approximate surface area is 205 Å². The number of halogens is 2. The number of barbiturate groups is 1. The average molecular weight is 497 g/mol. The Morgan fingerprint density at radius 2 is 1.71 bits per heavy atom. The van der Waals surface area contributed by atoms with Crippen LogP contribution in [0.1, 0.15) is 11.1 Å². The first kappa shape index (κ1) is 23.4. The standard InChI is InChI=1S/C25H18Cl2N2O5/c1-33-18-11-8-16(22(13-18)34-14-15-6-9-17(26)10-7-15)12-19-23(30)28-25(32)29(24(19)31)21-5-3-2-4-20(21)27/h2-13H,14H2,1H3,(H,28,30,32)/b19-12+. The summed E-state index contributed by atoms with van der Waals surface area (Å²) in [6.07, 6.45) is 1.37. The number of nitrogens with zero attached hydrogens (tertiary/aromatic N) is 1. The number of nitrogens with one attached hydrogen (secondary N) is 1. The number of urea groups is 1. The minimum Gasteiger partial charge on any atom is -0.497 e. The van der Waals surface area contributed by atoms with E-state index in [-0.39, 0.29) is 22.9 Å². The minimum absolute atomic E-state index is 0.166. The van der Waals surface area contributed by atoms with Gasteiger partial charge in [-0.3, -0.25) is 14.9 Å². The van der Waals surface area contributed by atoms with E-state index in [1.165, 1.54) is 19.3 Å². The lowest BCUT2D eigenvalue weighted by atomic mass is 10.1. The van der Waals surface area contributed by atoms with Crippen LogP contribution < -0.4 is 19.7 Å². The normalized spacial score (nSPS) is 14.9. The molecule has 4 rings (SSSR count). The van der Waals surface area contributed by atoms with Crippen LogP contribution in [0.5, 0.6) is 11.5 Å². The molecule has 1 aliphatic heterocycles. The van der Waals surface area contributed by atoms with Crippen molar-refractivity contribution >= 4 is 52.8 Å². The lowest BCUT2D eigenvalue weighted by Crippen LogP contribution is -2.54. The van der Waals surface area contributed by atoms with Gasteiger partial charge in [-0.2, -0.15) is 0 Å². The number of carbonyl (C=O) groups excluding carboxylic acids is 3. The van der Waals surface area contributed by atoms with Gasteiger partial charge in [-0.25, -0.2) is 9.69 Å². The van der Waals surface area contributed by atoms with E-state index in [2.05, 4.69) is 5.32 Å². The van der Waals surface area contributed by atoms with Gasteiger partial charge in [0.05, 0.1) is 17.8 Å². The zero-order valence-corrected chi connectivity index (χ0v) is 19.4. The molecule has 1 saturated heterocycles. The van der Waals surface area contributed by atoms with E-state index in [0.717, 1.165) is 10.5 Å². The Kier molecular flexibility index (Phi) is 6.86. The maximum absolute atomic E-state index is 13.2. The molecule has 3 aromatic rings. The molecule has 9 heteroatoms. The fraction of sp³-hybridized carbons (Fsp3) is 0.0800. The summed E-state index contributed by atoms with van der Waals surface area (Å²) in [5, 5.41) is 2.98. The van der Waals surface area contributed by atoms with E-state index in [1.807, 2.05) is 12.1 Å². The van der Waals surface area contributed by atoms with Crippen LogP contribution in [0.4, 0.5) is 10.5 Å². The molecule has 1 heterocycles. The molecule has 0 unspecified atom stereocenters. The number of rotatable bonds is 6. The first-order chi connectivity index (χ1) is 16.4. The molecule has 172 valence electrons. The zero-order valence-electron chi connectivity index (χ0n) is 17.9. The van der Waals surface area contributed by atoms with Gasteiger partial charge in [0, 0.05) is 16.7 Å². The van der Waals surface area contributed by atoms with E-state index < -0.39 is 17.8 Å². The smallest absolute Gasteiger partial charge is 0.335 e. The van der Waals surface area contributed by atoms with Crippen LogP contribution in [-0.2, 0) is 16.2 Å². The van der Waals surface area contributed by atoms with Crippen molar-refractivity contribution in [2.24, 2.45) is 0 Å². The summed E-state index contributed by atoms with van der Waals surface area (Å²) >= 11 is 12.1. The summed E-state index contributed by atoms with van der Waals surface area (Å²) < 4.78 is 11.2. The van der Waals surface area contributed by atoms with Crippen LogP contribution >= 0.6 is 23.2 Å². The Balaban J connectivity index is 1.69. The fourth-order valence-electron chi connectivity index (χ4n) is 3.29. The number of para-hydroxylation sites is 1. The Morgan fingerprint density at radius 3 is 2.41 bits per heavy atom. The average Bonchev–Trinajstić information content (AvgIpc) is 2.83. The third kappa shape index (κ3) is 4.90. The van der Waals surface area contributed by atoms with Gasteiger partial charge in [-0.1, -0.05) is 47.5 Å². The number of ether oxygens (including phenoxy) is 2. The first-order valence-corrected chi connectivity index (χ1v) is 10.8. The molecule has 0 saturated carbocycles. The molecule has 1 fully saturated rings. The van der Waals surface area contributed by atoms with E-state index in [4.69, 9.17) is 32.7 Å². The highest BCUT2D eigenvalue weighted by Crippen LogP contribution is 2.31. The number of carbonyl (C=O) groups is 3. The number of imide groups is 2. The molecule has 1 N–H and O–H groups in total. The number of hydrogen-bond acceptors (Lipinski definition) is 5. The molecule has 0 radical (unpaired) electrons. The number of anilines is 1. The Morgan fingerprint density at radius 1 is 0.971 bits per heavy atom. The zero-order chi connectivity index (χ0) is 24.2. The highest BCUT2D eigenvalue weighted by Gasteiger charge is 2.37. The van der Waals surface area contributed by atoms with Crippen molar-refractivity contribution in [3.8, 4) is 11.5 Å². The Hall–Kier alpha value is -3.81. The number of amides is 4. The molecule has 1 aliphatic rings. The lowest BCUT2D eigenvalue weighted by Gasteiger charge is -2.27. The maximum Gasteiger partial charge on any atom is 0.335 e. The van der Waals surface area contributed by atoms with Crippen LogP contribution in [0.15, 0.2) is 72.3 Å². The third-order valence-electron chi connectivity index (χ3n) is 5.02. The van der Waals surface area contributed by atoms with E-state index >= 15 is 0 Å². The number of methoxy groups -OCH3 is 1. The summed E-state index contributed by atoms with van der Waals surface area (Å²) in [6, 6.07) is 17.6. The molecule has 0 aliphatic carbocycles. The summed E-state index contributed by atoms with van der Waals surface area (Å²) in [4.78, 5) is 39.0. The van der Waals surface area contributed by atoms with Crippen molar-refractivity contribution in [1.29, 1.82) is 0 Å². The second-order valence-corrected chi connectivity index (χ2v) is 8.07. The molecule has 0 spiro atoms. The van der Waals surface area contributed by atoms with Crippen molar-refractivity contribution < 1.29 is 23.9 Å². The predicted octanol–water partition coefficient (Wildman–Crippen LogP) is 5.25. The van der Waals surface area contributed by atoms with E-state index in [1.54, 1.807) is 48.5 Å². The largest absolute Gasteiger partial charge is 0.497 e. The van der Waals surface area contributed by atoms with Gasteiger partial charge in [0.15, 0.2) is 0 Å². The summed E-state index contributed by atoms with van der Waals surface area (Å²) in [5.74, 6) is -0.719. The molecular weight excluding hydrogens is 479 g/mol. The van der Waals surface area contributed by atoms with E-state index in [0.29, 0.717) is 22.1 Å². The van der Waals surface area contributed by atoms with Crippen LogP contribution in [0.2, 0.25) is 10.0 Å². The van der Waals surface area contributed by atoms with Crippen molar-refractivity contribution in [2.45, 2.75) is 6.61 Å². The number of benzene rings is 3.